The maximum Gasteiger partial charge on any atom is 0.327 e. The number of ether oxygens (including phenoxy) is 5. The number of benzene rings is 1. The molecule has 3 saturated carbocycles. The Labute approximate surface area is 322 Å². The van der Waals surface area contributed by atoms with Crippen LogP contribution in [0, 0.1) is 17.3 Å². The van der Waals surface area contributed by atoms with Crippen LogP contribution in [0.3, 0.4) is 0 Å². The van der Waals surface area contributed by atoms with Gasteiger partial charge in [0.05, 0.1) is 32.5 Å². The number of esters is 1. The fourth-order valence-corrected chi connectivity index (χ4v) is 9.15. The van der Waals surface area contributed by atoms with E-state index >= 15 is 0 Å². The molecule has 7 fully saturated rings. The van der Waals surface area contributed by atoms with Gasteiger partial charge in [-0.2, -0.15) is 5.06 Å². The standard InChI is InChI=1S/C38H51N3O15/c1-18(44)25(33(48)39-11-12-42)40-36(50)37-15-23-29-30(55-38(54-29,21-7-8-21)22-9-10-22)32(37)56-41(31(37)34(49)52-23)16-20-5-2-4-19(14-20)6-3-13-51-35-28(47)27(46)26(45)24(17-43)53-35/h2-6,14,18,21-32,35,42-47H,7-13,15-17H2,1H3,(H,39,48)(H,40,50). The lowest BCUT2D eigenvalue weighted by Crippen LogP contribution is -2.71. The Bertz CT molecular complexity index is 1660. The first kappa shape index (κ1) is 39.7. The molecule has 13 unspecified atom stereocenters. The maximum atomic E-state index is 14.7. The predicted octanol–water partition coefficient (Wildman–Crippen LogP) is -2.41. The van der Waals surface area contributed by atoms with Crippen molar-refractivity contribution >= 4 is 23.9 Å². The second-order valence-electron chi connectivity index (χ2n) is 16.0. The van der Waals surface area contributed by atoms with Gasteiger partial charge in [-0.05, 0) is 43.7 Å². The molecule has 8 N–H and O–H groups in total. The van der Waals surface area contributed by atoms with E-state index in [1.54, 1.807) is 18.2 Å². The van der Waals surface area contributed by atoms with Crippen LogP contribution in [0.2, 0.25) is 0 Å². The fourth-order valence-electron chi connectivity index (χ4n) is 9.15. The first-order valence-corrected chi connectivity index (χ1v) is 19.5. The Hall–Kier alpha value is -3.11. The van der Waals surface area contributed by atoms with Crippen LogP contribution in [-0.2, 0) is 49.5 Å². The second-order valence-corrected chi connectivity index (χ2v) is 16.0. The zero-order valence-electron chi connectivity index (χ0n) is 30.9. The third kappa shape index (κ3) is 6.96. The normalized spacial score (nSPS) is 38.5. The lowest BCUT2D eigenvalue weighted by atomic mass is 9.62. The van der Waals surface area contributed by atoms with E-state index in [2.05, 4.69) is 10.6 Å². The topological polar surface area (TPSA) is 255 Å². The summed E-state index contributed by atoms with van der Waals surface area (Å²) in [5, 5.41) is 66.3. The molecule has 0 spiro atoms. The van der Waals surface area contributed by atoms with Gasteiger partial charge in [0.25, 0.3) is 0 Å². The molecular weight excluding hydrogens is 738 g/mol. The second kappa shape index (κ2) is 15.6. The summed E-state index contributed by atoms with van der Waals surface area (Å²) in [4.78, 5) is 48.5. The molecule has 2 amide bonds. The first-order chi connectivity index (χ1) is 26.9. The third-order valence-corrected chi connectivity index (χ3v) is 12.2. The fraction of sp³-hybridized carbons (Fsp3) is 0.711. The average Bonchev–Trinajstić information content (AvgIpc) is 4.13. The van der Waals surface area contributed by atoms with Crippen molar-refractivity contribution in [2.45, 2.75) is 125 Å². The summed E-state index contributed by atoms with van der Waals surface area (Å²) in [6.07, 6.45) is -4.35. The summed E-state index contributed by atoms with van der Waals surface area (Å²) < 4.78 is 30.7. The van der Waals surface area contributed by atoms with E-state index in [9.17, 15) is 45.0 Å². The zero-order chi connectivity index (χ0) is 39.5. The smallest absolute Gasteiger partial charge is 0.327 e. The summed E-state index contributed by atoms with van der Waals surface area (Å²) >= 11 is 0. The number of aliphatic hydroxyl groups is 6. The molecular formula is C38H51N3O15. The van der Waals surface area contributed by atoms with Crippen molar-refractivity contribution in [2.24, 2.45) is 17.3 Å². The number of amides is 2. The number of rotatable bonds is 15. The van der Waals surface area contributed by atoms with Crippen LogP contribution in [-0.4, -0.2) is 159 Å². The minimum atomic E-state index is -1.59. The molecule has 18 nitrogen and oxygen atoms in total. The quantitative estimate of drug-likeness (QED) is 0.0862. The van der Waals surface area contributed by atoms with Crippen LogP contribution >= 0.6 is 0 Å². The van der Waals surface area contributed by atoms with E-state index < -0.39 is 109 Å². The molecule has 18 heteroatoms. The summed E-state index contributed by atoms with van der Waals surface area (Å²) in [6, 6.07) is 4.67. The van der Waals surface area contributed by atoms with Crippen LogP contribution in [0.1, 0.15) is 50.2 Å². The first-order valence-electron chi connectivity index (χ1n) is 19.5. The van der Waals surface area contributed by atoms with Gasteiger partial charge in [-0.25, -0.2) is 0 Å². The molecule has 0 aromatic heterocycles. The number of carbonyl (C=O) groups excluding carboxylic acids is 3. The van der Waals surface area contributed by atoms with Gasteiger partial charge >= 0.3 is 5.97 Å². The zero-order valence-corrected chi connectivity index (χ0v) is 30.9. The van der Waals surface area contributed by atoms with Crippen molar-refractivity contribution in [3.63, 3.8) is 0 Å². The molecule has 1 aromatic carbocycles. The molecule has 4 aliphatic heterocycles. The van der Waals surface area contributed by atoms with Crippen LogP contribution in [0.25, 0.3) is 6.08 Å². The Morgan fingerprint density at radius 2 is 1.79 bits per heavy atom. The van der Waals surface area contributed by atoms with Crippen molar-refractivity contribution in [1.82, 2.24) is 15.7 Å². The van der Waals surface area contributed by atoms with E-state index in [1.807, 2.05) is 18.2 Å². The van der Waals surface area contributed by atoms with Crippen LogP contribution < -0.4 is 10.6 Å². The Balaban J connectivity index is 1.04. The Kier molecular flexibility index (Phi) is 11.0. The number of hydrogen-bond acceptors (Lipinski definition) is 16. The molecule has 0 radical (unpaired) electrons. The highest BCUT2D eigenvalue weighted by Gasteiger charge is 2.78. The van der Waals surface area contributed by atoms with Gasteiger partial charge in [0, 0.05) is 24.8 Å². The number of fused-ring (bicyclic) bond motifs is 4. The molecule has 1 aromatic rings. The number of nitrogens with zero attached hydrogens (tertiary/aromatic N) is 1. The minimum absolute atomic E-state index is 0.0361. The van der Waals surface area contributed by atoms with E-state index in [0.717, 1.165) is 31.2 Å². The lowest BCUT2D eigenvalue weighted by molar-refractivity contribution is -0.298. The molecule has 4 heterocycles. The van der Waals surface area contributed by atoms with Crippen LogP contribution in [0.15, 0.2) is 30.3 Å². The Morgan fingerprint density at radius 1 is 1.05 bits per heavy atom. The third-order valence-electron chi connectivity index (χ3n) is 12.2. The molecule has 13 atom stereocenters. The Morgan fingerprint density at radius 3 is 2.46 bits per heavy atom. The van der Waals surface area contributed by atoms with Crippen molar-refractivity contribution in [1.29, 1.82) is 0 Å². The number of hydroxylamine groups is 2. The van der Waals surface area contributed by atoms with Gasteiger partial charge in [0.2, 0.25) is 11.8 Å². The summed E-state index contributed by atoms with van der Waals surface area (Å²) in [5.41, 5.74) is -0.144. The van der Waals surface area contributed by atoms with E-state index in [1.165, 1.54) is 12.0 Å². The summed E-state index contributed by atoms with van der Waals surface area (Å²) in [7, 11) is 0. The molecule has 8 rings (SSSR count). The largest absolute Gasteiger partial charge is 0.458 e. The van der Waals surface area contributed by atoms with Crippen molar-refractivity contribution in [3.8, 4) is 0 Å². The number of hydrogen-bond donors (Lipinski definition) is 8. The molecule has 308 valence electrons. The number of aliphatic hydroxyl groups excluding tert-OH is 6. The highest BCUT2D eigenvalue weighted by atomic mass is 16.8. The lowest BCUT2D eigenvalue weighted by Gasteiger charge is -2.49. The molecule has 7 aliphatic rings. The van der Waals surface area contributed by atoms with E-state index in [4.69, 9.17) is 28.5 Å². The van der Waals surface area contributed by atoms with Gasteiger partial charge in [-0.1, -0.05) is 36.4 Å². The summed E-state index contributed by atoms with van der Waals surface area (Å²) in [5.74, 6) is -2.54. The van der Waals surface area contributed by atoms with Crippen LogP contribution in [0.5, 0.6) is 0 Å². The average molecular weight is 790 g/mol. The number of nitrogens with one attached hydrogen (secondary N) is 2. The minimum Gasteiger partial charge on any atom is -0.458 e. The molecule has 56 heavy (non-hydrogen) atoms. The van der Waals surface area contributed by atoms with Gasteiger partial charge in [-0.15, -0.1) is 0 Å². The van der Waals surface area contributed by atoms with Gasteiger partial charge < -0.3 is 65.0 Å². The molecule has 2 bridgehead atoms. The van der Waals surface area contributed by atoms with Crippen LogP contribution in [0.4, 0.5) is 0 Å². The highest BCUT2D eigenvalue weighted by molar-refractivity contribution is 5.96. The van der Waals surface area contributed by atoms with Gasteiger partial charge in [0.15, 0.2) is 18.1 Å². The molecule has 4 saturated heterocycles. The van der Waals surface area contributed by atoms with Crippen molar-refractivity contribution < 1.29 is 73.5 Å². The van der Waals surface area contributed by atoms with Gasteiger partial charge in [-0.3, -0.25) is 19.2 Å². The van der Waals surface area contributed by atoms with E-state index in [0.29, 0.717) is 5.56 Å². The highest BCUT2D eigenvalue weighted by Crippen LogP contribution is 2.63. The SMILES string of the molecule is CC(O)C(NC(=O)C12CC3OC(=O)C1N(Cc1cccc(C=CCOC4OC(CO)C(O)C(O)C4O)c1)OC2C1OC(C2CC2)(C2CC2)OC31)C(=O)NCCO. The molecule has 3 aliphatic carbocycles. The maximum absolute atomic E-state index is 14.7. The predicted molar refractivity (Wildman–Crippen MR) is 188 cm³/mol. The van der Waals surface area contributed by atoms with Crippen molar-refractivity contribution in [2.75, 3.05) is 26.4 Å². The summed E-state index contributed by atoms with van der Waals surface area (Å²) in [6.45, 7) is 0.366. The monoisotopic (exact) mass is 789 g/mol. The number of carbonyl (C=O) groups is 3. The van der Waals surface area contributed by atoms with Gasteiger partial charge in [0.1, 0.15) is 60.3 Å². The van der Waals surface area contributed by atoms with E-state index in [-0.39, 0.29) is 44.6 Å². The van der Waals surface area contributed by atoms with Crippen molar-refractivity contribution in [3.05, 3.63) is 41.5 Å².